The molecule has 1 aromatic rings. The van der Waals surface area contributed by atoms with Gasteiger partial charge in [-0.1, -0.05) is 6.07 Å². The Morgan fingerprint density at radius 2 is 2.39 bits per heavy atom. The Labute approximate surface area is 109 Å². The molecule has 1 aliphatic rings. The maximum absolute atomic E-state index is 5.64. The Hall–Kier alpha value is -0.970. The molecule has 2 atom stereocenters. The molecule has 0 fully saturated rings. The number of nitrogens with one attached hydrogen (secondary N) is 1. The quantitative estimate of drug-likeness (QED) is 0.742. The van der Waals surface area contributed by atoms with Crippen LogP contribution < -0.4 is 5.32 Å². The van der Waals surface area contributed by atoms with Crippen molar-refractivity contribution in [3.63, 3.8) is 0 Å². The van der Waals surface area contributed by atoms with Crippen LogP contribution in [0.15, 0.2) is 18.3 Å². The zero-order valence-electron chi connectivity index (χ0n) is 11.2. The first kappa shape index (κ1) is 13.5. The molecule has 2 rings (SSSR count). The molecule has 4 heteroatoms. The molecule has 18 heavy (non-hydrogen) atoms. The minimum absolute atomic E-state index is 0.331. The second-order valence-corrected chi connectivity index (χ2v) is 4.66. The lowest BCUT2D eigenvalue weighted by molar-refractivity contribution is 0.0556. The third kappa shape index (κ3) is 3.07. The van der Waals surface area contributed by atoms with E-state index in [1.807, 2.05) is 19.3 Å². The van der Waals surface area contributed by atoms with Crippen molar-refractivity contribution in [1.29, 1.82) is 0 Å². The smallest absolute Gasteiger partial charge is 0.0701 e. The van der Waals surface area contributed by atoms with Crippen LogP contribution in [0.1, 0.15) is 23.6 Å². The van der Waals surface area contributed by atoms with E-state index in [2.05, 4.69) is 16.4 Å². The summed E-state index contributed by atoms with van der Waals surface area (Å²) in [5.74, 6) is 0.466. The number of hydrogen-bond acceptors (Lipinski definition) is 4. The van der Waals surface area contributed by atoms with E-state index in [0.717, 1.165) is 12.8 Å². The van der Waals surface area contributed by atoms with Gasteiger partial charge in [-0.25, -0.2) is 0 Å². The summed E-state index contributed by atoms with van der Waals surface area (Å²) in [5, 5.41) is 3.36. The van der Waals surface area contributed by atoms with E-state index in [9.17, 15) is 0 Å². The molecule has 1 aromatic heterocycles. The standard InChI is InChI=1S/C14H22N2O2/c1-15-13(10-18-9-8-17-2)12-6-5-11-4-3-7-16-14(11)12/h3-4,7,12-13,15H,5-6,8-10H2,1-2H3. The van der Waals surface area contributed by atoms with Gasteiger partial charge in [0.05, 0.1) is 19.8 Å². The van der Waals surface area contributed by atoms with Crippen LogP contribution in [0, 0.1) is 0 Å². The number of aromatic nitrogens is 1. The van der Waals surface area contributed by atoms with E-state index >= 15 is 0 Å². The molecular weight excluding hydrogens is 228 g/mol. The molecule has 0 aromatic carbocycles. The highest BCUT2D eigenvalue weighted by molar-refractivity contribution is 5.29. The average molecular weight is 250 g/mol. The van der Waals surface area contributed by atoms with Gasteiger partial charge in [0.2, 0.25) is 0 Å². The maximum Gasteiger partial charge on any atom is 0.0701 e. The Bertz CT molecular complexity index is 371. The predicted molar refractivity (Wildman–Crippen MR) is 70.8 cm³/mol. The Kier molecular flexibility index (Phi) is 5.11. The fraction of sp³-hybridized carbons (Fsp3) is 0.643. The van der Waals surface area contributed by atoms with Gasteiger partial charge in [-0.2, -0.15) is 0 Å². The molecule has 0 radical (unpaired) electrons. The molecule has 1 heterocycles. The minimum atomic E-state index is 0.331. The van der Waals surface area contributed by atoms with Gasteiger partial charge in [0, 0.05) is 31.0 Å². The molecule has 100 valence electrons. The zero-order valence-corrected chi connectivity index (χ0v) is 11.2. The topological polar surface area (TPSA) is 43.4 Å². The first-order valence-electron chi connectivity index (χ1n) is 6.54. The summed E-state index contributed by atoms with van der Waals surface area (Å²) in [5.41, 5.74) is 2.63. The van der Waals surface area contributed by atoms with Crippen LogP contribution in [0.3, 0.4) is 0 Å². The van der Waals surface area contributed by atoms with Gasteiger partial charge < -0.3 is 14.8 Å². The van der Waals surface area contributed by atoms with Crippen molar-refractivity contribution in [1.82, 2.24) is 10.3 Å². The van der Waals surface area contributed by atoms with E-state index in [4.69, 9.17) is 9.47 Å². The highest BCUT2D eigenvalue weighted by Crippen LogP contribution is 2.33. The van der Waals surface area contributed by atoms with Gasteiger partial charge in [-0.15, -0.1) is 0 Å². The largest absolute Gasteiger partial charge is 0.382 e. The van der Waals surface area contributed by atoms with Crippen molar-refractivity contribution in [3.8, 4) is 0 Å². The molecule has 1 N–H and O–H groups in total. The first-order valence-corrected chi connectivity index (χ1v) is 6.54. The summed E-state index contributed by atoms with van der Waals surface area (Å²) in [4.78, 5) is 4.53. The fourth-order valence-corrected chi connectivity index (χ4v) is 2.59. The van der Waals surface area contributed by atoms with Crippen LogP contribution in [0.5, 0.6) is 0 Å². The summed E-state index contributed by atoms with van der Waals surface area (Å²) in [6, 6.07) is 4.53. The molecule has 2 unspecified atom stereocenters. The molecule has 4 nitrogen and oxygen atoms in total. The van der Waals surface area contributed by atoms with Gasteiger partial charge in [-0.05, 0) is 31.5 Å². The van der Waals surface area contributed by atoms with E-state index in [0.29, 0.717) is 31.8 Å². The van der Waals surface area contributed by atoms with Crippen molar-refractivity contribution in [2.24, 2.45) is 0 Å². The number of pyridine rings is 1. The van der Waals surface area contributed by atoms with Gasteiger partial charge in [0.15, 0.2) is 0 Å². The van der Waals surface area contributed by atoms with Crippen molar-refractivity contribution in [2.75, 3.05) is 34.0 Å². The van der Waals surface area contributed by atoms with Crippen molar-refractivity contribution < 1.29 is 9.47 Å². The molecular formula is C14H22N2O2. The average Bonchev–Trinajstić information content (AvgIpc) is 2.83. The lowest BCUT2D eigenvalue weighted by Crippen LogP contribution is -2.36. The van der Waals surface area contributed by atoms with Crippen molar-refractivity contribution >= 4 is 0 Å². The van der Waals surface area contributed by atoms with Gasteiger partial charge in [0.1, 0.15) is 0 Å². The molecule has 0 saturated heterocycles. The predicted octanol–water partition coefficient (Wildman–Crippen LogP) is 1.36. The van der Waals surface area contributed by atoms with Crippen molar-refractivity contribution in [2.45, 2.75) is 24.8 Å². The van der Waals surface area contributed by atoms with E-state index in [1.165, 1.54) is 11.3 Å². The molecule has 0 saturated carbocycles. The Balaban J connectivity index is 1.93. The van der Waals surface area contributed by atoms with Crippen LogP contribution in [-0.2, 0) is 15.9 Å². The molecule has 1 aliphatic carbocycles. The lowest BCUT2D eigenvalue weighted by atomic mass is 9.97. The summed E-state index contributed by atoms with van der Waals surface area (Å²) < 4.78 is 10.6. The number of likely N-dealkylation sites (N-methyl/N-ethyl adjacent to an activating group) is 1. The molecule has 0 spiro atoms. The number of ether oxygens (including phenoxy) is 2. The monoisotopic (exact) mass is 250 g/mol. The second-order valence-electron chi connectivity index (χ2n) is 4.66. The Morgan fingerprint density at radius 1 is 1.50 bits per heavy atom. The number of nitrogens with zero attached hydrogens (tertiary/aromatic N) is 1. The summed E-state index contributed by atoms with van der Waals surface area (Å²) >= 11 is 0. The maximum atomic E-state index is 5.64. The third-order valence-electron chi connectivity index (χ3n) is 3.59. The Morgan fingerprint density at radius 3 is 3.17 bits per heavy atom. The summed E-state index contributed by atoms with van der Waals surface area (Å²) in [6.45, 7) is 2.01. The SMILES string of the molecule is CNC(COCCOC)C1CCc2cccnc21. The van der Waals surface area contributed by atoms with Crippen LogP contribution in [-0.4, -0.2) is 45.0 Å². The number of fused-ring (bicyclic) bond motifs is 1. The van der Waals surface area contributed by atoms with Crippen LogP contribution >= 0.6 is 0 Å². The van der Waals surface area contributed by atoms with Gasteiger partial charge in [0.25, 0.3) is 0 Å². The van der Waals surface area contributed by atoms with E-state index < -0.39 is 0 Å². The minimum Gasteiger partial charge on any atom is -0.382 e. The third-order valence-corrected chi connectivity index (χ3v) is 3.59. The highest BCUT2D eigenvalue weighted by Gasteiger charge is 2.30. The molecule has 0 aliphatic heterocycles. The number of rotatable bonds is 7. The molecule has 0 bridgehead atoms. The lowest BCUT2D eigenvalue weighted by Gasteiger charge is -2.23. The van der Waals surface area contributed by atoms with Gasteiger partial charge in [-0.3, -0.25) is 4.98 Å². The second kappa shape index (κ2) is 6.83. The zero-order chi connectivity index (χ0) is 12.8. The van der Waals surface area contributed by atoms with Gasteiger partial charge >= 0.3 is 0 Å². The number of hydrogen-bond donors (Lipinski definition) is 1. The summed E-state index contributed by atoms with van der Waals surface area (Å²) in [7, 11) is 3.68. The highest BCUT2D eigenvalue weighted by atomic mass is 16.5. The van der Waals surface area contributed by atoms with Crippen LogP contribution in [0.4, 0.5) is 0 Å². The fourth-order valence-electron chi connectivity index (χ4n) is 2.59. The van der Waals surface area contributed by atoms with E-state index in [-0.39, 0.29) is 0 Å². The molecule has 0 amide bonds. The first-order chi connectivity index (χ1) is 8.86. The van der Waals surface area contributed by atoms with Crippen LogP contribution in [0.25, 0.3) is 0 Å². The van der Waals surface area contributed by atoms with Crippen molar-refractivity contribution in [3.05, 3.63) is 29.6 Å². The number of aryl methyl sites for hydroxylation is 1. The van der Waals surface area contributed by atoms with E-state index in [1.54, 1.807) is 7.11 Å². The summed E-state index contributed by atoms with van der Waals surface area (Å²) in [6.07, 6.45) is 4.17. The normalized spacial score (nSPS) is 19.8. The van der Waals surface area contributed by atoms with Crippen LogP contribution in [0.2, 0.25) is 0 Å². The number of methoxy groups -OCH3 is 1.